The van der Waals surface area contributed by atoms with E-state index in [0.717, 1.165) is 27.5 Å². The summed E-state index contributed by atoms with van der Waals surface area (Å²) in [6.45, 7) is 0. The van der Waals surface area contributed by atoms with E-state index in [9.17, 15) is 9.59 Å². The van der Waals surface area contributed by atoms with Crippen LogP contribution in [0.25, 0.3) is 22.4 Å². The van der Waals surface area contributed by atoms with E-state index in [1.807, 2.05) is 42.5 Å². The molecular formula is C16H8O3. The third-order valence-corrected chi connectivity index (χ3v) is 3.49. The van der Waals surface area contributed by atoms with Crippen LogP contribution >= 0.6 is 0 Å². The van der Waals surface area contributed by atoms with Gasteiger partial charge < -0.3 is 4.74 Å². The molecule has 2 aromatic carbocycles. The second kappa shape index (κ2) is 3.42. The Kier molecular flexibility index (Phi) is 1.85. The molecule has 0 N–H and O–H groups in total. The van der Waals surface area contributed by atoms with E-state index < -0.39 is 11.9 Å². The quantitative estimate of drug-likeness (QED) is 0.575. The topological polar surface area (TPSA) is 43.4 Å². The van der Waals surface area contributed by atoms with Gasteiger partial charge >= 0.3 is 11.9 Å². The lowest BCUT2D eigenvalue weighted by atomic mass is 9.98. The molecule has 0 aromatic heterocycles. The minimum Gasteiger partial charge on any atom is -0.386 e. The molecule has 0 radical (unpaired) electrons. The monoisotopic (exact) mass is 248 g/mol. The normalized spacial score (nSPS) is 16.6. The van der Waals surface area contributed by atoms with Gasteiger partial charge in [0.25, 0.3) is 0 Å². The van der Waals surface area contributed by atoms with Crippen molar-refractivity contribution in [1.29, 1.82) is 0 Å². The van der Waals surface area contributed by atoms with Crippen LogP contribution in [-0.2, 0) is 14.3 Å². The zero-order valence-electron chi connectivity index (χ0n) is 9.84. The Hall–Kier alpha value is -2.68. The SMILES string of the molecule is O=C1C=C(C2=Cc3cccc4cccc2c34)C(=O)O1. The predicted octanol–water partition coefficient (Wildman–Crippen LogP) is 2.70. The molecule has 0 bridgehead atoms. The summed E-state index contributed by atoms with van der Waals surface area (Å²) in [6.07, 6.45) is 3.20. The minimum absolute atomic E-state index is 0.341. The number of esters is 2. The molecule has 2 aliphatic rings. The van der Waals surface area contributed by atoms with Crippen molar-refractivity contribution in [3.8, 4) is 0 Å². The summed E-state index contributed by atoms with van der Waals surface area (Å²) in [5.74, 6) is -1.16. The minimum atomic E-state index is -0.593. The van der Waals surface area contributed by atoms with Gasteiger partial charge in [0, 0.05) is 6.08 Å². The van der Waals surface area contributed by atoms with Crippen LogP contribution < -0.4 is 0 Å². The van der Waals surface area contributed by atoms with E-state index in [2.05, 4.69) is 4.74 Å². The lowest BCUT2D eigenvalue weighted by Crippen LogP contribution is -2.02. The zero-order chi connectivity index (χ0) is 13.0. The molecule has 0 fully saturated rings. The molecule has 90 valence electrons. The van der Waals surface area contributed by atoms with Crippen molar-refractivity contribution in [3.63, 3.8) is 0 Å². The summed E-state index contributed by atoms with van der Waals surface area (Å²) >= 11 is 0. The largest absolute Gasteiger partial charge is 0.386 e. The van der Waals surface area contributed by atoms with Crippen LogP contribution in [0, 0.1) is 0 Å². The summed E-state index contributed by atoms with van der Waals surface area (Å²) in [7, 11) is 0. The van der Waals surface area contributed by atoms with Gasteiger partial charge in [-0.1, -0.05) is 36.4 Å². The molecule has 1 aliphatic carbocycles. The Morgan fingerprint density at radius 3 is 2.37 bits per heavy atom. The fraction of sp³-hybridized carbons (Fsp3) is 0. The summed E-state index contributed by atoms with van der Waals surface area (Å²) in [5, 5.41) is 2.24. The molecule has 0 saturated carbocycles. The fourth-order valence-corrected chi connectivity index (χ4v) is 2.71. The molecular weight excluding hydrogens is 240 g/mol. The standard InChI is InChI=1S/C16H8O3/c17-14-8-13(16(18)19-14)12-7-10-5-1-3-9-4-2-6-11(12)15(9)10/h1-8H. The number of hydrogen-bond acceptors (Lipinski definition) is 3. The Morgan fingerprint density at radius 1 is 0.842 bits per heavy atom. The van der Waals surface area contributed by atoms with Gasteiger partial charge in [-0.15, -0.1) is 0 Å². The first-order valence-corrected chi connectivity index (χ1v) is 5.96. The zero-order valence-corrected chi connectivity index (χ0v) is 9.84. The van der Waals surface area contributed by atoms with E-state index in [4.69, 9.17) is 0 Å². The number of benzene rings is 2. The van der Waals surface area contributed by atoms with E-state index in [0.29, 0.717) is 5.57 Å². The first-order valence-electron chi connectivity index (χ1n) is 5.96. The van der Waals surface area contributed by atoms with E-state index in [1.54, 1.807) is 0 Å². The lowest BCUT2D eigenvalue weighted by molar-refractivity contribution is -0.150. The Balaban J connectivity index is 2.00. The number of carbonyl (C=O) groups excluding carboxylic acids is 2. The first-order chi connectivity index (χ1) is 9.24. The summed E-state index contributed by atoms with van der Waals surface area (Å²) in [5.41, 5.74) is 3.15. The number of hydrogen-bond donors (Lipinski definition) is 0. The van der Waals surface area contributed by atoms with E-state index in [-0.39, 0.29) is 0 Å². The van der Waals surface area contributed by atoms with Gasteiger partial charge in [-0.3, -0.25) is 0 Å². The Bertz CT molecular complexity index is 820. The van der Waals surface area contributed by atoms with Crippen LogP contribution in [0.3, 0.4) is 0 Å². The summed E-state index contributed by atoms with van der Waals surface area (Å²) in [6, 6.07) is 12.0. The number of rotatable bonds is 1. The van der Waals surface area contributed by atoms with Crippen molar-refractivity contribution in [3.05, 3.63) is 59.2 Å². The maximum Gasteiger partial charge on any atom is 0.346 e. The Morgan fingerprint density at radius 2 is 1.63 bits per heavy atom. The van der Waals surface area contributed by atoms with Crippen molar-refractivity contribution in [1.82, 2.24) is 0 Å². The molecule has 1 aliphatic heterocycles. The number of carbonyl (C=O) groups is 2. The average molecular weight is 248 g/mol. The first kappa shape index (κ1) is 10.3. The Labute approximate surface area is 108 Å². The average Bonchev–Trinajstić information content (AvgIpc) is 2.93. The molecule has 0 amide bonds. The molecule has 0 spiro atoms. The molecule has 0 saturated heterocycles. The molecule has 0 unspecified atom stereocenters. The van der Waals surface area contributed by atoms with Gasteiger partial charge in [-0.2, -0.15) is 0 Å². The molecule has 0 atom stereocenters. The van der Waals surface area contributed by atoms with Crippen LogP contribution in [0.1, 0.15) is 11.1 Å². The van der Waals surface area contributed by atoms with Crippen molar-refractivity contribution in [2.75, 3.05) is 0 Å². The van der Waals surface area contributed by atoms with Crippen LogP contribution in [-0.4, -0.2) is 11.9 Å². The van der Waals surface area contributed by atoms with Crippen molar-refractivity contribution in [2.24, 2.45) is 0 Å². The van der Waals surface area contributed by atoms with Gasteiger partial charge in [-0.05, 0) is 33.5 Å². The van der Waals surface area contributed by atoms with Gasteiger partial charge in [0.05, 0.1) is 5.57 Å². The lowest BCUT2D eigenvalue weighted by Gasteiger charge is -2.04. The maximum absolute atomic E-state index is 11.7. The highest BCUT2D eigenvalue weighted by Gasteiger charge is 2.30. The van der Waals surface area contributed by atoms with Crippen LogP contribution in [0.2, 0.25) is 0 Å². The second-order valence-corrected chi connectivity index (χ2v) is 4.58. The third-order valence-electron chi connectivity index (χ3n) is 3.49. The van der Waals surface area contributed by atoms with Gasteiger partial charge in [-0.25, -0.2) is 9.59 Å². The maximum atomic E-state index is 11.7. The predicted molar refractivity (Wildman–Crippen MR) is 71.0 cm³/mol. The highest BCUT2D eigenvalue weighted by atomic mass is 16.6. The summed E-state index contributed by atoms with van der Waals surface area (Å²) < 4.78 is 4.57. The van der Waals surface area contributed by atoms with Crippen LogP contribution in [0.15, 0.2) is 48.0 Å². The third kappa shape index (κ3) is 1.32. The molecule has 4 rings (SSSR count). The molecule has 3 heteroatoms. The van der Waals surface area contributed by atoms with Gasteiger partial charge in [0.2, 0.25) is 0 Å². The number of ether oxygens (including phenoxy) is 1. The number of cyclic esters (lactones) is 2. The van der Waals surface area contributed by atoms with Crippen molar-refractivity contribution in [2.45, 2.75) is 0 Å². The van der Waals surface area contributed by atoms with Crippen LogP contribution in [0.5, 0.6) is 0 Å². The molecule has 3 nitrogen and oxygen atoms in total. The second-order valence-electron chi connectivity index (χ2n) is 4.58. The summed E-state index contributed by atoms with van der Waals surface area (Å²) in [4.78, 5) is 22.9. The van der Waals surface area contributed by atoms with Gasteiger partial charge in [0.15, 0.2) is 0 Å². The van der Waals surface area contributed by atoms with Crippen molar-refractivity contribution >= 4 is 34.4 Å². The smallest absolute Gasteiger partial charge is 0.346 e. The highest BCUT2D eigenvalue weighted by Crippen LogP contribution is 2.40. The molecule has 2 aromatic rings. The highest BCUT2D eigenvalue weighted by molar-refractivity contribution is 6.25. The van der Waals surface area contributed by atoms with E-state index >= 15 is 0 Å². The molecule has 1 heterocycles. The van der Waals surface area contributed by atoms with Gasteiger partial charge in [0.1, 0.15) is 0 Å². The molecule has 19 heavy (non-hydrogen) atoms. The fourth-order valence-electron chi connectivity index (χ4n) is 2.71. The van der Waals surface area contributed by atoms with E-state index in [1.165, 1.54) is 6.08 Å². The van der Waals surface area contributed by atoms with Crippen molar-refractivity contribution < 1.29 is 14.3 Å². The van der Waals surface area contributed by atoms with Crippen LogP contribution in [0.4, 0.5) is 0 Å².